The summed E-state index contributed by atoms with van der Waals surface area (Å²) in [6.45, 7) is 7.32. The van der Waals surface area contributed by atoms with Crippen LogP contribution in [0.25, 0.3) is 0 Å². The molecule has 1 aromatic heterocycles. The molecule has 44 heavy (non-hydrogen) atoms. The zero-order valence-corrected chi connectivity index (χ0v) is 24.9. The number of hydrogen-bond donors (Lipinski definition) is 2. The lowest BCUT2D eigenvalue weighted by atomic mass is 10.0. The van der Waals surface area contributed by atoms with Gasteiger partial charge in [-0.3, -0.25) is 24.3 Å². The Labute approximate surface area is 253 Å². The number of fused-ring (bicyclic) bond motifs is 1. The fourth-order valence-electron chi connectivity index (χ4n) is 5.54. The highest BCUT2D eigenvalue weighted by atomic mass is 19.1. The van der Waals surface area contributed by atoms with Crippen LogP contribution in [0.3, 0.4) is 0 Å². The Morgan fingerprint density at radius 2 is 1.80 bits per heavy atom. The van der Waals surface area contributed by atoms with Gasteiger partial charge in [0.1, 0.15) is 23.5 Å². The van der Waals surface area contributed by atoms with Crippen LogP contribution in [0.5, 0.6) is 0 Å². The van der Waals surface area contributed by atoms with E-state index in [4.69, 9.17) is 4.74 Å². The van der Waals surface area contributed by atoms with Crippen molar-refractivity contribution in [1.82, 2.24) is 25.1 Å². The van der Waals surface area contributed by atoms with Gasteiger partial charge in [-0.15, -0.1) is 0 Å². The fourth-order valence-corrected chi connectivity index (χ4v) is 5.54. The molecule has 2 aromatic rings. The molecule has 0 aliphatic carbocycles. The van der Waals surface area contributed by atoms with Crippen molar-refractivity contribution >= 4 is 41.4 Å². The van der Waals surface area contributed by atoms with Gasteiger partial charge in [-0.05, 0) is 12.3 Å². The molecule has 2 unspecified atom stereocenters. The van der Waals surface area contributed by atoms with E-state index in [0.717, 1.165) is 17.0 Å². The Morgan fingerprint density at radius 1 is 1.09 bits per heavy atom. The molecule has 4 amide bonds. The van der Waals surface area contributed by atoms with Crippen LogP contribution in [0.2, 0.25) is 0 Å². The van der Waals surface area contributed by atoms with E-state index in [2.05, 4.69) is 20.6 Å². The maximum atomic E-state index is 15.3. The minimum atomic E-state index is -0.851. The van der Waals surface area contributed by atoms with Crippen LogP contribution in [0.1, 0.15) is 43.5 Å². The number of aliphatic imine (C=N–C) groups is 1. The van der Waals surface area contributed by atoms with Crippen molar-refractivity contribution in [3.05, 3.63) is 41.5 Å². The van der Waals surface area contributed by atoms with Gasteiger partial charge in [0.05, 0.1) is 31.5 Å². The first-order valence-corrected chi connectivity index (χ1v) is 14.6. The van der Waals surface area contributed by atoms with Crippen molar-refractivity contribution in [1.29, 1.82) is 0 Å². The van der Waals surface area contributed by atoms with Crippen molar-refractivity contribution in [2.45, 2.75) is 45.9 Å². The smallest absolute Gasteiger partial charge is 0.414 e. The summed E-state index contributed by atoms with van der Waals surface area (Å²) < 4.78 is 37.6. The zero-order valence-electron chi connectivity index (χ0n) is 24.9. The number of anilines is 2. The molecule has 0 bridgehead atoms. The highest BCUT2D eigenvalue weighted by Gasteiger charge is 2.35. The van der Waals surface area contributed by atoms with Crippen molar-refractivity contribution in [2.24, 2.45) is 10.9 Å². The van der Waals surface area contributed by atoms with Crippen LogP contribution in [0.15, 0.2) is 23.3 Å². The van der Waals surface area contributed by atoms with Crippen LogP contribution in [-0.2, 0) is 20.9 Å². The van der Waals surface area contributed by atoms with Gasteiger partial charge in [0.15, 0.2) is 17.5 Å². The van der Waals surface area contributed by atoms with Crippen LogP contribution in [-0.4, -0.2) is 102 Å². The van der Waals surface area contributed by atoms with Crippen molar-refractivity contribution in [3.63, 3.8) is 0 Å². The summed E-state index contributed by atoms with van der Waals surface area (Å²) in [6.07, 6.45) is 2.27. The molecule has 1 aromatic carbocycles. The molecule has 15 heteroatoms. The molecule has 0 saturated carbocycles. The van der Waals surface area contributed by atoms with Gasteiger partial charge in [0.25, 0.3) is 5.91 Å². The van der Waals surface area contributed by atoms with E-state index >= 15 is 8.78 Å². The van der Waals surface area contributed by atoms with E-state index < -0.39 is 35.8 Å². The summed E-state index contributed by atoms with van der Waals surface area (Å²) in [6, 6.07) is 1.36. The maximum Gasteiger partial charge on any atom is 0.414 e. The van der Waals surface area contributed by atoms with E-state index in [1.807, 2.05) is 18.4 Å². The van der Waals surface area contributed by atoms with Crippen LogP contribution in [0, 0.1) is 17.6 Å². The molecule has 2 N–H and O–H groups in total. The molecule has 2 atom stereocenters. The number of rotatable bonds is 9. The van der Waals surface area contributed by atoms with Gasteiger partial charge in [0, 0.05) is 58.0 Å². The molecule has 5 rings (SSSR count). The zero-order chi connectivity index (χ0) is 31.5. The third-order valence-corrected chi connectivity index (χ3v) is 7.70. The number of nitrogens with one attached hydrogen (secondary N) is 2. The van der Waals surface area contributed by atoms with E-state index in [1.165, 1.54) is 11.8 Å². The number of piperazine rings is 1. The number of aromatic nitrogens is 2. The first-order valence-electron chi connectivity index (χ1n) is 14.6. The second-order valence-corrected chi connectivity index (χ2v) is 11.5. The van der Waals surface area contributed by atoms with Gasteiger partial charge in [-0.1, -0.05) is 13.8 Å². The maximum absolute atomic E-state index is 15.3. The molecular formula is C29H36F2N8O5. The Morgan fingerprint density at radius 3 is 2.43 bits per heavy atom. The standard InChI is InChI=1S/C29H36F2N8O5/c1-17(2)10-23(35-27(41)24-16-38-5-4-32-14-25(38)34-24)28(42)37-8-6-36(7-9-37)26-21(30)11-19(12-22(26)31)39-15-20(44-29(39)43)13-33-18(3)40/h11-12,14,16-17,20,23H,4-10,13,15H2,1-3H3,(H,33,40)(H,35,41). The van der Waals surface area contributed by atoms with Gasteiger partial charge >= 0.3 is 6.09 Å². The summed E-state index contributed by atoms with van der Waals surface area (Å²) in [4.78, 5) is 62.8. The lowest BCUT2D eigenvalue weighted by molar-refractivity contribution is -0.134. The molecule has 3 aliphatic rings. The predicted octanol–water partition coefficient (Wildman–Crippen LogP) is 1.55. The SMILES string of the molecule is CC(=O)NCC1CN(c2cc(F)c(N3CCN(C(=O)C(CC(C)C)NC(=O)c4cn5c(n4)C=NCC5)CC3)c(F)c2)C(=O)O1. The summed E-state index contributed by atoms with van der Waals surface area (Å²) in [5.74, 6) is -2.01. The Hall–Kier alpha value is -4.56. The topological polar surface area (TPSA) is 141 Å². The van der Waals surface area contributed by atoms with Crippen LogP contribution >= 0.6 is 0 Å². The second-order valence-electron chi connectivity index (χ2n) is 11.5. The van der Waals surface area contributed by atoms with Gasteiger partial charge in [0.2, 0.25) is 11.8 Å². The molecule has 3 aliphatic heterocycles. The Bertz CT molecular complexity index is 1450. The van der Waals surface area contributed by atoms with Crippen LogP contribution < -0.4 is 20.4 Å². The number of ether oxygens (including phenoxy) is 1. The number of amides is 4. The lowest BCUT2D eigenvalue weighted by Crippen LogP contribution is -2.55. The number of hydrogen-bond acceptors (Lipinski definition) is 8. The third-order valence-electron chi connectivity index (χ3n) is 7.70. The largest absolute Gasteiger partial charge is 0.442 e. The molecule has 4 heterocycles. The summed E-state index contributed by atoms with van der Waals surface area (Å²) in [5.41, 5.74) is -0.0342. The number of imidazole rings is 1. The molecular weight excluding hydrogens is 578 g/mol. The van der Waals surface area contributed by atoms with Crippen molar-refractivity contribution in [2.75, 3.05) is 55.6 Å². The number of nitrogens with zero attached hydrogens (tertiary/aromatic N) is 6. The monoisotopic (exact) mass is 614 g/mol. The van der Waals surface area contributed by atoms with Crippen LogP contribution in [0.4, 0.5) is 25.0 Å². The molecule has 2 fully saturated rings. The first-order chi connectivity index (χ1) is 21.0. The minimum Gasteiger partial charge on any atom is -0.442 e. The quantitative estimate of drug-likeness (QED) is 0.437. The molecule has 0 radical (unpaired) electrons. The normalized spacial score (nSPS) is 18.7. The summed E-state index contributed by atoms with van der Waals surface area (Å²) >= 11 is 0. The number of carbonyl (C=O) groups is 4. The molecule has 236 valence electrons. The average molecular weight is 615 g/mol. The van der Waals surface area contributed by atoms with E-state index in [9.17, 15) is 19.2 Å². The molecule has 0 spiro atoms. The highest BCUT2D eigenvalue weighted by molar-refractivity contribution is 5.97. The minimum absolute atomic E-state index is 0.00556. The molecule has 2 saturated heterocycles. The number of carbonyl (C=O) groups excluding carboxylic acids is 4. The van der Waals surface area contributed by atoms with Crippen molar-refractivity contribution in [3.8, 4) is 0 Å². The predicted molar refractivity (Wildman–Crippen MR) is 157 cm³/mol. The first kappa shape index (κ1) is 30.9. The number of halogens is 2. The molecule has 13 nitrogen and oxygen atoms in total. The van der Waals surface area contributed by atoms with E-state index in [-0.39, 0.29) is 74.1 Å². The van der Waals surface area contributed by atoms with Gasteiger partial charge in [-0.2, -0.15) is 0 Å². The highest BCUT2D eigenvalue weighted by Crippen LogP contribution is 2.31. The average Bonchev–Trinajstić information content (AvgIpc) is 3.58. The van der Waals surface area contributed by atoms with Gasteiger partial charge < -0.3 is 29.7 Å². The Balaban J connectivity index is 1.21. The Kier molecular flexibility index (Phi) is 9.11. The van der Waals surface area contributed by atoms with Gasteiger partial charge in [-0.25, -0.2) is 18.6 Å². The van der Waals surface area contributed by atoms with E-state index in [1.54, 1.807) is 17.3 Å². The third kappa shape index (κ3) is 6.81. The van der Waals surface area contributed by atoms with Crippen molar-refractivity contribution < 1.29 is 32.7 Å². The number of cyclic esters (lactones) is 1. The summed E-state index contributed by atoms with van der Waals surface area (Å²) in [7, 11) is 0. The lowest BCUT2D eigenvalue weighted by Gasteiger charge is -2.38. The fraction of sp³-hybridized carbons (Fsp3) is 0.517. The number of benzene rings is 1. The summed E-state index contributed by atoms with van der Waals surface area (Å²) in [5, 5.41) is 5.39. The second kappa shape index (κ2) is 13.0. The van der Waals surface area contributed by atoms with E-state index in [0.29, 0.717) is 25.3 Å².